The fraction of sp³-hybridized carbons (Fsp3) is 0.700. The Labute approximate surface area is 142 Å². The first-order valence-electron chi connectivity index (χ1n) is 8.95. The van der Waals surface area contributed by atoms with Crippen LogP contribution in [0.25, 0.3) is 0 Å². The van der Waals surface area contributed by atoms with Crippen molar-refractivity contribution in [2.45, 2.75) is 70.7 Å². The molecule has 132 valence electrons. The Balaban J connectivity index is 2.64. The summed E-state index contributed by atoms with van der Waals surface area (Å²) < 4.78 is 11.4. The molecule has 0 saturated heterocycles. The van der Waals surface area contributed by atoms with E-state index in [0.717, 1.165) is 18.4 Å². The van der Waals surface area contributed by atoms with Gasteiger partial charge in [0.1, 0.15) is 6.10 Å². The quantitative estimate of drug-likeness (QED) is 0.430. The summed E-state index contributed by atoms with van der Waals surface area (Å²) in [6, 6.07) is 9.61. The van der Waals surface area contributed by atoms with Crippen molar-refractivity contribution in [2.75, 3.05) is 14.2 Å². The molecule has 0 aliphatic carbocycles. The minimum absolute atomic E-state index is 0.110. The van der Waals surface area contributed by atoms with Crippen molar-refractivity contribution >= 4 is 0 Å². The summed E-state index contributed by atoms with van der Waals surface area (Å²) in [4.78, 5) is 0. The van der Waals surface area contributed by atoms with Crippen molar-refractivity contribution in [3.05, 3.63) is 35.9 Å². The first-order valence-corrected chi connectivity index (χ1v) is 8.95. The second-order valence-electron chi connectivity index (χ2n) is 6.40. The highest BCUT2D eigenvalue weighted by molar-refractivity contribution is 5.19. The Morgan fingerprint density at radius 1 is 0.957 bits per heavy atom. The van der Waals surface area contributed by atoms with Crippen LogP contribution in [0.1, 0.15) is 70.5 Å². The van der Waals surface area contributed by atoms with Gasteiger partial charge < -0.3 is 14.6 Å². The molecular weight excluding hydrogens is 288 g/mol. The van der Waals surface area contributed by atoms with Crippen LogP contribution in [0.4, 0.5) is 0 Å². The summed E-state index contributed by atoms with van der Waals surface area (Å²) in [5.41, 5.74) is 0.825. The maximum Gasteiger partial charge on any atom is 0.200 e. The Morgan fingerprint density at radius 2 is 1.52 bits per heavy atom. The Bertz CT molecular complexity index is 401. The third-order valence-electron chi connectivity index (χ3n) is 4.81. The molecule has 23 heavy (non-hydrogen) atoms. The largest absolute Gasteiger partial charge is 0.383 e. The van der Waals surface area contributed by atoms with Gasteiger partial charge in [0.05, 0.1) is 0 Å². The van der Waals surface area contributed by atoms with Gasteiger partial charge in [-0.3, -0.25) is 0 Å². The third kappa shape index (κ3) is 5.59. The molecule has 0 fully saturated rings. The zero-order valence-corrected chi connectivity index (χ0v) is 15.3. The van der Waals surface area contributed by atoms with Crippen molar-refractivity contribution in [3.63, 3.8) is 0 Å². The summed E-state index contributed by atoms with van der Waals surface area (Å²) in [7, 11) is 3.24. The zero-order chi connectivity index (χ0) is 17.1. The van der Waals surface area contributed by atoms with Gasteiger partial charge in [-0.1, -0.05) is 82.7 Å². The molecule has 0 radical (unpaired) electrons. The van der Waals surface area contributed by atoms with Gasteiger partial charge in [-0.05, 0) is 12.0 Å². The molecule has 2 unspecified atom stereocenters. The molecule has 0 aliphatic rings. The van der Waals surface area contributed by atoms with Gasteiger partial charge in [0.15, 0.2) is 0 Å². The Kier molecular flexibility index (Phi) is 9.46. The fourth-order valence-electron chi connectivity index (χ4n) is 3.28. The lowest BCUT2D eigenvalue weighted by molar-refractivity contribution is -0.289. The molecule has 3 nitrogen and oxygen atoms in total. The van der Waals surface area contributed by atoms with Crippen LogP contribution in [0.3, 0.4) is 0 Å². The van der Waals surface area contributed by atoms with Crippen LogP contribution in [0.5, 0.6) is 0 Å². The van der Waals surface area contributed by atoms with E-state index in [2.05, 4.69) is 13.8 Å². The van der Waals surface area contributed by atoms with Crippen LogP contribution in [0.15, 0.2) is 30.3 Å². The number of hydrogen-bond donors (Lipinski definition) is 1. The van der Waals surface area contributed by atoms with Crippen molar-refractivity contribution in [1.29, 1.82) is 0 Å². The van der Waals surface area contributed by atoms with Crippen LogP contribution in [-0.4, -0.2) is 25.1 Å². The number of methoxy groups -OCH3 is 2. The molecule has 0 bridgehead atoms. The molecule has 1 N–H and O–H groups in total. The standard InChI is InChI=1S/C20H34O3/c1-5-6-7-8-9-11-14-17(2)20(22-3,23-4)19(21)18-15-12-10-13-16-18/h10,12-13,15-17,19,21H,5-9,11,14H2,1-4H3. The highest BCUT2D eigenvalue weighted by Gasteiger charge is 2.44. The number of aliphatic hydroxyl groups excluding tert-OH is 1. The van der Waals surface area contributed by atoms with Crippen molar-refractivity contribution in [3.8, 4) is 0 Å². The van der Waals surface area contributed by atoms with Gasteiger partial charge in [-0.15, -0.1) is 0 Å². The predicted octanol–water partition coefficient (Wildman–Crippen LogP) is 5.10. The molecule has 1 rings (SSSR count). The molecule has 2 atom stereocenters. The number of ether oxygens (including phenoxy) is 2. The molecular formula is C20H34O3. The average Bonchev–Trinajstić information content (AvgIpc) is 2.60. The first-order chi connectivity index (χ1) is 11.1. The third-order valence-corrected chi connectivity index (χ3v) is 4.81. The molecule has 0 aromatic heterocycles. The average molecular weight is 322 g/mol. The van der Waals surface area contributed by atoms with Gasteiger partial charge in [0.2, 0.25) is 5.79 Å². The zero-order valence-electron chi connectivity index (χ0n) is 15.3. The number of benzene rings is 1. The van der Waals surface area contributed by atoms with E-state index >= 15 is 0 Å². The van der Waals surface area contributed by atoms with E-state index in [4.69, 9.17) is 9.47 Å². The maximum absolute atomic E-state index is 10.8. The van der Waals surface area contributed by atoms with E-state index in [1.165, 1.54) is 32.1 Å². The van der Waals surface area contributed by atoms with Gasteiger partial charge in [0, 0.05) is 20.1 Å². The molecule has 1 aromatic carbocycles. The molecule has 0 saturated carbocycles. The van der Waals surface area contributed by atoms with Crippen LogP contribution in [0.2, 0.25) is 0 Å². The predicted molar refractivity (Wildman–Crippen MR) is 95.3 cm³/mol. The summed E-state index contributed by atoms with van der Waals surface area (Å²) >= 11 is 0. The topological polar surface area (TPSA) is 38.7 Å². The van der Waals surface area contributed by atoms with E-state index in [-0.39, 0.29) is 5.92 Å². The van der Waals surface area contributed by atoms with E-state index < -0.39 is 11.9 Å². The number of hydrogen-bond acceptors (Lipinski definition) is 3. The summed E-state index contributed by atoms with van der Waals surface area (Å²) in [5, 5.41) is 10.8. The van der Waals surface area contributed by atoms with E-state index in [1.54, 1.807) is 14.2 Å². The highest BCUT2D eigenvalue weighted by atomic mass is 16.7. The molecule has 1 aromatic rings. The fourth-order valence-corrected chi connectivity index (χ4v) is 3.28. The second-order valence-corrected chi connectivity index (χ2v) is 6.40. The van der Waals surface area contributed by atoms with Crippen LogP contribution in [0, 0.1) is 5.92 Å². The Morgan fingerprint density at radius 3 is 2.09 bits per heavy atom. The van der Waals surface area contributed by atoms with E-state index in [0.29, 0.717) is 0 Å². The second kappa shape index (κ2) is 10.8. The SMILES string of the molecule is CCCCCCCCC(C)C(OC)(OC)C(O)c1ccccc1. The molecule has 3 heteroatoms. The lowest BCUT2D eigenvalue weighted by Crippen LogP contribution is -2.46. The first kappa shape index (κ1) is 20.1. The van der Waals surface area contributed by atoms with E-state index in [1.807, 2.05) is 30.3 Å². The molecule has 0 spiro atoms. The highest BCUT2D eigenvalue weighted by Crippen LogP contribution is 2.38. The van der Waals surface area contributed by atoms with Crippen LogP contribution in [-0.2, 0) is 9.47 Å². The smallest absolute Gasteiger partial charge is 0.200 e. The van der Waals surface area contributed by atoms with Crippen molar-refractivity contribution in [2.24, 2.45) is 5.92 Å². The lowest BCUT2D eigenvalue weighted by Gasteiger charge is -2.40. The minimum atomic E-state index is -0.995. The van der Waals surface area contributed by atoms with Crippen molar-refractivity contribution < 1.29 is 14.6 Å². The molecule has 0 heterocycles. The van der Waals surface area contributed by atoms with Crippen LogP contribution >= 0.6 is 0 Å². The van der Waals surface area contributed by atoms with Gasteiger partial charge in [0.25, 0.3) is 0 Å². The van der Waals surface area contributed by atoms with Gasteiger partial charge in [-0.25, -0.2) is 0 Å². The van der Waals surface area contributed by atoms with E-state index in [9.17, 15) is 5.11 Å². The van der Waals surface area contributed by atoms with Crippen LogP contribution < -0.4 is 0 Å². The lowest BCUT2D eigenvalue weighted by atomic mass is 9.86. The van der Waals surface area contributed by atoms with Crippen molar-refractivity contribution in [1.82, 2.24) is 0 Å². The minimum Gasteiger partial charge on any atom is -0.383 e. The normalized spacial score (nSPS) is 14.7. The maximum atomic E-state index is 10.8. The number of aliphatic hydroxyl groups is 1. The summed E-state index contributed by atoms with van der Waals surface area (Å²) in [6.07, 6.45) is 7.76. The van der Waals surface area contributed by atoms with Gasteiger partial charge >= 0.3 is 0 Å². The van der Waals surface area contributed by atoms with Gasteiger partial charge in [-0.2, -0.15) is 0 Å². The summed E-state index contributed by atoms with van der Waals surface area (Å²) in [6.45, 7) is 4.34. The molecule has 0 aliphatic heterocycles. The number of unbranched alkanes of at least 4 members (excludes halogenated alkanes) is 5. The Hall–Kier alpha value is -0.900. The molecule has 0 amide bonds. The monoisotopic (exact) mass is 322 g/mol. The number of rotatable bonds is 12. The summed E-state index contributed by atoms with van der Waals surface area (Å²) in [5.74, 6) is -0.885.